The molecule has 0 saturated carbocycles. The van der Waals surface area contributed by atoms with Crippen LogP contribution in [0.25, 0.3) is 11.1 Å². The van der Waals surface area contributed by atoms with E-state index in [1.165, 1.54) is 0 Å². The average molecular weight is 439 g/mol. The standard InChI is InChI=1S/C26H18N2O3S/c29-25(27-20-10-6-9-18(15-20)17-7-2-1-3-8-17)19-13-14-24-22(16-19)28-26(30)21-11-4-5-12-23(21)32(24)31/h1-16H,(H,27,29)(H,28,30). The fraction of sp³-hybridized carbons (Fsp3) is 0. The van der Waals surface area contributed by atoms with Gasteiger partial charge in [0.15, 0.2) is 0 Å². The molecule has 0 aromatic heterocycles. The molecule has 1 aliphatic rings. The lowest BCUT2D eigenvalue weighted by molar-refractivity contribution is 0.101. The van der Waals surface area contributed by atoms with Gasteiger partial charge in [-0.3, -0.25) is 9.59 Å². The number of rotatable bonds is 3. The van der Waals surface area contributed by atoms with Crippen LogP contribution in [0, 0.1) is 0 Å². The molecule has 1 atom stereocenters. The number of amides is 2. The molecule has 0 radical (unpaired) electrons. The van der Waals surface area contributed by atoms with Crippen LogP contribution >= 0.6 is 0 Å². The van der Waals surface area contributed by atoms with E-state index in [2.05, 4.69) is 10.6 Å². The minimum absolute atomic E-state index is 0.320. The first kappa shape index (κ1) is 19.9. The molecule has 1 unspecified atom stereocenters. The van der Waals surface area contributed by atoms with E-state index in [1.54, 1.807) is 42.5 Å². The van der Waals surface area contributed by atoms with Crippen molar-refractivity contribution in [1.29, 1.82) is 0 Å². The van der Waals surface area contributed by atoms with Crippen molar-refractivity contribution in [2.24, 2.45) is 0 Å². The number of benzene rings is 4. The minimum Gasteiger partial charge on any atom is -0.322 e. The van der Waals surface area contributed by atoms with E-state index in [1.807, 2.05) is 54.6 Å². The highest BCUT2D eigenvalue weighted by molar-refractivity contribution is 7.85. The van der Waals surface area contributed by atoms with Crippen LogP contribution in [-0.4, -0.2) is 16.0 Å². The lowest BCUT2D eigenvalue weighted by atomic mass is 10.1. The highest BCUT2D eigenvalue weighted by Crippen LogP contribution is 2.31. The second kappa shape index (κ2) is 8.24. The van der Waals surface area contributed by atoms with Crippen LogP contribution in [0.2, 0.25) is 0 Å². The van der Waals surface area contributed by atoms with Gasteiger partial charge in [0.05, 0.1) is 31.8 Å². The highest BCUT2D eigenvalue weighted by atomic mass is 32.2. The second-order valence-electron chi connectivity index (χ2n) is 7.33. The summed E-state index contributed by atoms with van der Waals surface area (Å²) in [4.78, 5) is 26.4. The Balaban J connectivity index is 1.43. The van der Waals surface area contributed by atoms with E-state index in [9.17, 15) is 13.8 Å². The van der Waals surface area contributed by atoms with Crippen molar-refractivity contribution in [3.05, 3.63) is 108 Å². The van der Waals surface area contributed by atoms with Crippen LogP contribution in [0.15, 0.2) is 107 Å². The molecule has 6 heteroatoms. The van der Waals surface area contributed by atoms with Crippen LogP contribution in [0.1, 0.15) is 20.7 Å². The molecule has 0 saturated heterocycles. The molecule has 4 aromatic carbocycles. The van der Waals surface area contributed by atoms with Crippen LogP contribution < -0.4 is 10.6 Å². The summed E-state index contributed by atoms with van der Waals surface area (Å²) in [5.41, 5.74) is 3.80. The first-order valence-electron chi connectivity index (χ1n) is 10.0. The molecule has 5 rings (SSSR count). The predicted octanol–water partition coefficient (Wildman–Crippen LogP) is 5.34. The smallest absolute Gasteiger partial charge is 0.256 e. The molecular formula is C26H18N2O3S. The summed E-state index contributed by atoms with van der Waals surface area (Å²) in [5.74, 6) is -0.666. The van der Waals surface area contributed by atoms with Crippen LogP contribution in [-0.2, 0) is 10.8 Å². The van der Waals surface area contributed by atoms with Crippen molar-refractivity contribution >= 4 is 34.0 Å². The normalized spacial score (nSPS) is 14.5. The summed E-state index contributed by atoms with van der Waals surface area (Å²) in [5, 5.41) is 5.69. The average Bonchev–Trinajstić information content (AvgIpc) is 2.94. The van der Waals surface area contributed by atoms with Crippen LogP contribution in [0.4, 0.5) is 11.4 Å². The van der Waals surface area contributed by atoms with Crippen molar-refractivity contribution in [1.82, 2.24) is 0 Å². The van der Waals surface area contributed by atoms with Gasteiger partial charge in [-0.1, -0.05) is 54.6 Å². The topological polar surface area (TPSA) is 75.3 Å². The maximum atomic E-state index is 13.0. The van der Waals surface area contributed by atoms with E-state index in [-0.39, 0.29) is 11.8 Å². The molecule has 0 fully saturated rings. The molecule has 156 valence electrons. The lowest BCUT2D eigenvalue weighted by Gasteiger charge is -2.11. The second-order valence-corrected chi connectivity index (χ2v) is 8.75. The van der Waals surface area contributed by atoms with Crippen molar-refractivity contribution in [3.8, 4) is 11.1 Å². The molecule has 0 aliphatic carbocycles. The van der Waals surface area contributed by atoms with Gasteiger partial charge in [-0.15, -0.1) is 0 Å². The number of carbonyl (C=O) groups is 2. The minimum atomic E-state index is -1.53. The Bertz CT molecular complexity index is 1380. The molecule has 0 spiro atoms. The zero-order chi connectivity index (χ0) is 22.1. The predicted molar refractivity (Wildman–Crippen MR) is 125 cm³/mol. The van der Waals surface area contributed by atoms with Gasteiger partial charge in [0.1, 0.15) is 0 Å². The first-order valence-corrected chi connectivity index (χ1v) is 11.2. The van der Waals surface area contributed by atoms with Crippen molar-refractivity contribution in [2.45, 2.75) is 9.79 Å². The van der Waals surface area contributed by atoms with Gasteiger partial charge >= 0.3 is 0 Å². The fourth-order valence-electron chi connectivity index (χ4n) is 3.66. The Hall–Kier alpha value is -4.03. The van der Waals surface area contributed by atoms with Gasteiger partial charge in [-0.25, -0.2) is 4.21 Å². The number of hydrogen-bond acceptors (Lipinski definition) is 3. The Kier molecular flexibility index (Phi) is 5.13. The fourth-order valence-corrected chi connectivity index (χ4v) is 4.97. The Labute approximate surface area is 187 Å². The van der Waals surface area contributed by atoms with Crippen LogP contribution in [0.5, 0.6) is 0 Å². The van der Waals surface area contributed by atoms with Gasteiger partial charge in [-0.05, 0) is 53.6 Å². The first-order chi connectivity index (χ1) is 15.6. The van der Waals surface area contributed by atoms with Crippen LogP contribution in [0.3, 0.4) is 0 Å². The Morgan fingerprint density at radius 1 is 0.750 bits per heavy atom. The summed E-state index contributed by atoms with van der Waals surface area (Å²) in [6.45, 7) is 0. The monoisotopic (exact) mass is 438 g/mol. The molecule has 1 aliphatic heterocycles. The highest BCUT2D eigenvalue weighted by Gasteiger charge is 2.25. The van der Waals surface area contributed by atoms with Gasteiger partial charge in [0, 0.05) is 11.3 Å². The molecule has 1 heterocycles. The van der Waals surface area contributed by atoms with E-state index in [0.29, 0.717) is 32.3 Å². The third kappa shape index (κ3) is 3.72. The molecule has 0 bridgehead atoms. The van der Waals surface area contributed by atoms with Gasteiger partial charge < -0.3 is 10.6 Å². The summed E-state index contributed by atoms with van der Waals surface area (Å²) in [7, 11) is -1.53. The van der Waals surface area contributed by atoms with E-state index >= 15 is 0 Å². The third-order valence-corrected chi connectivity index (χ3v) is 6.76. The summed E-state index contributed by atoms with van der Waals surface area (Å²) in [6.07, 6.45) is 0. The number of fused-ring (bicyclic) bond motifs is 2. The van der Waals surface area contributed by atoms with Crippen molar-refractivity contribution in [3.63, 3.8) is 0 Å². The third-order valence-electron chi connectivity index (χ3n) is 5.25. The van der Waals surface area contributed by atoms with Gasteiger partial charge in [-0.2, -0.15) is 0 Å². The lowest BCUT2D eigenvalue weighted by Crippen LogP contribution is -2.14. The van der Waals surface area contributed by atoms with Crippen molar-refractivity contribution in [2.75, 3.05) is 10.6 Å². The number of carbonyl (C=O) groups excluding carboxylic acids is 2. The zero-order valence-electron chi connectivity index (χ0n) is 16.9. The number of nitrogens with one attached hydrogen (secondary N) is 2. The molecular weight excluding hydrogens is 420 g/mol. The van der Waals surface area contributed by atoms with E-state index in [4.69, 9.17) is 0 Å². The Morgan fingerprint density at radius 2 is 1.50 bits per heavy atom. The summed E-state index contributed by atoms with van der Waals surface area (Å²) in [6, 6.07) is 29.1. The molecule has 5 nitrogen and oxygen atoms in total. The van der Waals surface area contributed by atoms with Gasteiger partial charge in [0.2, 0.25) is 0 Å². The maximum absolute atomic E-state index is 13.0. The molecule has 2 amide bonds. The maximum Gasteiger partial charge on any atom is 0.256 e. The summed E-state index contributed by atoms with van der Waals surface area (Å²) < 4.78 is 13.0. The van der Waals surface area contributed by atoms with Gasteiger partial charge in [0.25, 0.3) is 11.8 Å². The number of hydrogen-bond donors (Lipinski definition) is 2. The number of anilines is 2. The largest absolute Gasteiger partial charge is 0.322 e. The van der Waals surface area contributed by atoms with E-state index < -0.39 is 10.8 Å². The zero-order valence-corrected chi connectivity index (χ0v) is 17.7. The summed E-state index contributed by atoms with van der Waals surface area (Å²) >= 11 is 0. The quantitative estimate of drug-likeness (QED) is 0.453. The molecule has 4 aromatic rings. The molecule has 32 heavy (non-hydrogen) atoms. The SMILES string of the molecule is O=C(Nc1cccc(-c2ccccc2)c1)c1ccc2c(c1)NC(=O)c1ccccc1S2=O. The molecule has 2 N–H and O–H groups in total. The van der Waals surface area contributed by atoms with Crippen molar-refractivity contribution < 1.29 is 13.8 Å². The Morgan fingerprint density at radius 3 is 2.34 bits per heavy atom. The van der Waals surface area contributed by atoms with E-state index in [0.717, 1.165) is 11.1 Å².